The minimum absolute atomic E-state index is 0.259. The Morgan fingerprint density at radius 2 is 1.92 bits per heavy atom. The second-order valence-corrected chi connectivity index (χ2v) is 4.05. The van der Waals surface area contributed by atoms with Crippen LogP contribution in [0, 0.1) is 5.92 Å². The maximum absolute atomic E-state index is 9.46. The number of hydrogen-bond donors (Lipinski definition) is 1. The first kappa shape index (κ1) is 12.9. The molecule has 13 heavy (non-hydrogen) atoms. The van der Waals surface area contributed by atoms with Gasteiger partial charge in [0.25, 0.3) is 0 Å². The van der Waals surface area contributed by atoms with Crippen LogP contribution in [-0.2, 0) is 4.74 Å². The molecule has 0 aromatic heterocycles. The normalized spacial score (nSPS) is 13.6. The van der Waals surface area contributed by atoms with Crippen molar-refractivity contribution in [3.05, 3.63) is 0 Å². The maximum Gasteiger partial charge on any atom is 0.0773 e. The molecule has 1 N–H and O–H groups in total. The van der Waals surface area contributed by atoms with E-state index in [9.17, 15) is 5.11 Å². The van der Waals surface area contributed by atoms with Gasteiger partial charge in [-0.3, -0.25) is 0 Å². The molecule has 0 saturated carbocycles. The number of rotatable bonds is 8. The summed E-state index contributed by atoms with van der Waals surface area (Å²) in [5, 5.41) is 9.46. The minimum Gasteiger partial charge on any atom is -0.391 e. The largest absolute Gasteiger partial charge is 0.391 e. The Morgan fingerprint density at radius 1 is 1.23 bits per heavy atom. The molecule has 0 spiro atoms. The summed E-state index contributed by atoms with van der Waals surface area (Å²) in [4.78, 5) is 0. The molecule has 0 amide bonds. The van der Waals surface area contributed by atoms with Gasteiger partial charge in [-0.25, -0.2) is 0 Å². The molecule has 0 aromatic carbocycles. The zero-order valence-corrected chi connectivity index (χ0v) is 9.25. The lowest BCUT2D eigenvalue weighted by Gasteiger charge is -2.11. The van der Waals surface area contributed by atoms with E-state index in [1.165, 1.54) is 6.42 Å². The molecule has 80 valence electrons. The molecule has 0 aromatic rings. The molecule has 0 saturated heterocycles. The van der Waals surface area contributed by atoms with E-state index in [4.69, 9.17) is 4.74 Å². The average molecular weight is 188 g/mol. The average Bonchev–Trinajstić information content (AvgIpc) is 2.04. The summed E-state index contributed by atoms with van der Waals surface area (Å²) in [5.74, 6) is 0.740. The summed E-state index contributed by atoms with van der Waals surface area (Å²) in [6.45, 7) is 7.76. The number of aliphatic hydroxyl groups excluding tert-OH is 1. The van der Waals surface area contributed by atoms with E-state index in [2.05, 4.69) is 20.8 Å². The summed E-state index contributed by atoms with van der Waals surface area (Å²) in [6, 6.07) is 0. The summed E-state index contributed by atoms with van der Waals surface area (Å²) in [6.07, 6.45) is 3.95. The van der Waals surface area contributed by atoms with Gasteiger partial charge in [0.2, 0.25) is 0 Å². The molecule has 0 radical (unpaired) electrons. The highest BCUT2D eigenvalue weighted by molar-refractivity contribution is 4.55. The van der Waals surface area contributed by atoms with E-state index in [0.717, 1.165) is 31.8 Å². The molecule has 0 aliphatic rings. The van der Waals surface area contributed by atoms with Crippen molar-refractivity contribution in [1.29, 1.82) is 0 Å². The molecule has 2 heteroatoms. The van der Waals surface area contributed by atoms with Crippen molar-refractivity contribution in [2.24, 2.45) is 5.92 Å². The van der Waals surface area contributed by atoms with Crippen molar-refractivity contribution < 1.29 is 9.84 Å². The van der Waals surface area contributed by atoms with Crippen LogP contribution in [0.2, 0.25) is 0 Å². The van der Waals surface area contributed by atoms with Gasteiger partial charge in [-0.05, 0) is 18.8 Å². The van der Waals surface area contributed by atoms with E-state index < -0.39 is 0 Å². The standard InChI is InChI=1S/C11H24O2/c1-4-8-13-9-11(12)7-5-6-10(2)3/h10-12H,4-9H2,1-3H3. The minimum atomic E-state index is -0.259. The van der Waals surface area contributed by atoms with Gasteiger partial charge in [0, 0.05) is 6.61 Å². The van der Waals surface area contributed by atoms with Gasteiger partial charge in [-0.15, -0.1) is 0 Å². The Balaban J connectivity index is 3.15. The predicted octanol–water partition coefficient (Wildman–Crippen LogP) is 2.60. The highest BCUT2D eigenvalue weighted by Crippen LogP contribution is 2.08. The molecule has 0 aliphatic carbocycles. The van der Waals surface area contributed by atoms with Crippen LogP contribution in [0.4, 0.5) is 0 Å². The van der Waals surface area contributed by atoms with Crippen LogP contribution in [0.5, 0.6) is 0 Å². The number of hydrogen-bond acceptors (Lipinski definition) is 2. The lowest BCUT2D eigenvalue weighted by atomic mass is 10.0. The van der Waals surface area contributed by atoms with Gasteiger partial charge in [-0.1, -0.05) is 33.6 Å². The molecule has 0 heterocycles. The number of ether oxygens (including phenoxy) is 1. The monoisotopic (exact) mass is 188 g/mol. The van der Waals surface area contributed by atoms with Crippen molar-refractivity contribution >= 4 is 0 Å². The number of aliphatic hydroxyl groups is 1. The van der Waals surface area contributed by atoms with Crippen LogP contribution < -0.4 is 0 Å². The van der Waals surface area contributed by atoms with Crippen LogP contribution in [0.3, 0.4) is 0 Å². The van der Waals surface area contributed by atoms with Crippen molar-refractivity contribution in [3.8, 4) is 0 Å². The first-order valence-electron chi connectivity index (χ1n) is 5.42. The van der Waals surface area contributed by atoms with Gasteiger partial charge in [0.15, 0.2) is 0 Å². The molecule has 1 atom stereocenters. The van der Waals surface area contributed by atoms with Crippen LogP contribution in [0.1, 0.15) is 46.5 Å². The summed E-state index contributed by atoms with van der Waals surface area (Å²) in [5.41, 5.74) is 0. The first-order chi connectivity index (χ1) is 6.16. The van der Waals surface area contributed by atoms with E-state index in [1.54, 1.807) is 0 Å². The van der Waals surface area contributed by atoms with Crippen molar-refractivity contribution in [2.45, 2.75) is 52.6 Å². The van der Waals surface area contributed by atoms with E-state index in [-0.39, 0.29) is 6.10 Å². The molecule has 0 fully saturated rings. The van der Waals surface area contributed by atoms with Crippen LogP contribution in [0.25, 0.3) is 0 Å². The zero-order valence-electron chi connectivity index (χ0n) is 9.25. The van der Waals surface area contributed by atoms with Crippen molar-refractivity contribution in [3.63, 3.8) is 0 Å². The molecule has 2 nitrogen and oxygen atoms in total. The summed E-state index contributed by atoms with van der Waals surface area (Å²) in [7, 11) is 0. The third-order valence-electron chi connectivity index (χ3n) is 1.98. The first-order valence-corrected chi connectivity index (χ1v) is 5.42. The third-order valence-corrected chi connectivity index (χ3v) is 1.98. The van der Waals surface area contributed by atoms with Gasteiger partial charge in [0.05, 0.1) is 12.7 Å². The lowest BCUT2D eigenvalue weighted by molar-refractivity contribution is 0.0312. The van der Waals surface area contributed by atoms with Gasteiger partial charge in [0.1, 0.15) is 0 Å². The fourth-order valence-electron chi connectivity index (χ4n) is 1.21. The second-order valence-electron chi connectivity index (χ2n) is 4.05. The molecular formula is C11H24O2. The Labute approximate surface area is 82.3 Å². The fraction of sp³-hybridized carbons (Fsp3) is 1.00. The fourth-order valence-corrected chi connectivity index (χ4v) is 1.21. The Bertz CT molecular complexity index is 102. The molecule has 0 rings (SSSR count). The van der Waals surface area contributed by atoms with Gasteiger partial charge in [-0.2, -0.15) is 0 Å². The summed E-state index contributed by atoms with van der Waals surface area (Å²) < 4.78 is 5.25. The van der Waals surface area contributed by atoms with Gasteiger partial charge >= 0.3 is 0 Å². The van der Waals surface area contributed by atoms with E-state index >= 15 is 0 Å². The maximum atomic E-state index is 9.46. The Morgan fingerprint density at radius 3 is 2.46 bits per heavy atom. The van der Waals surface area contributed by atoms with Crippen LogP contribution in [-0.4, -0.2) is 24.4 Å². The topological polar surface area (TPSA) is 29.5 Å². The summed E-state index contributed by atoms with van der Waals surface area (Å²) >= 11 is 0. The highest BCUT2D eigenvalue weighted by Gasteiger charge is 2.04. The van der Waals surface area contributed by atoms with Crippen molar-refractivity contribution in [1.82, 2.24) is 0 Å². The van der Waals surface area contributed by atoms with Gasteiger partial charge < -0.3 is 9.84 Å². The van der Waals surface area contributed by atoms with E-state index in [0.29, 0.717) is 6.61 Å². The Hall–Kier alpha value is -0.0800. The van der Waals surface area contributed by atoms with Crippen LogP contribution >= 0.6 is 0 Å². The molecule has 0 aliphatic heterocycles. The quantitative estimate of drug-likeness (QED) is 0.593. The van der Waals surface area contributed by atoms with E-state index in [1.807, 2.05) is 0 Å². The second kappa shape index (κ2) is 8.52. The molecule has 1 unspecified atom stereocenters. The van der Waals surface area contributed by atoms with Crippen molar-refractivity contribution in [2.75, 3.05) is 13.2 Å². The van der Waals surface area contributed by atoms with Crippen LogP contribution in [0.15, 0.2) is 0 Å². The highest BCUT2D eigenvalue weighted by atomic mass is 16.5. The zero-order chi connectivity index (χ0) is 10.1. The predicted molar refractivity (Wildman–Crippen MR) is 55.8 cm³/mol. The lowest BCUT2D eigenvalue weighted by Crippen LogP contribution is -2.15. The smallest absolute Gasteiger partial charge is 0.0773 e. The third kappa shape index (κ3) is 9.84. The Kier molecular flexibility index (Phi) is 8.46. The SMILES string of the molecule is CCCOCC(O)CCCC(C)C. The molecular weight excluding hydrogens is 164 g/mol. The molecule has 0 bridgehead atoms.